The van der Waals surface area contributed by atoms with Crippen LogP contribution >= 0.6 is 0 Å². The SMILES string of the molecule is Cc1ccnc2nc(C(=O)NCCNC3CCCCCC3)nn12. The Morgan fingerprint density at radius 3 is 2.78 bits per heavy atom. The largest absolute Gasteiger partial charge is 0.348 e. The lowest BCUT2D eigenvalue weighted by atomic mass is 10.1. The lowest BCUT2D eigenvalue weighted by molar-refractivity contribution is 0.0943. The summed E-state index contributed by atoms with van der Waals surface area (Å²) in [5.74, 6) is 0.366. The Morgan fingerprint density at radius 2 is 2.04 bits per heavy atom. The van der Waals surface area contributed by atoms with Gasteiger partial charge in [-0.1, -0.05) is 25.7 Å². The molecule has 0 aromatic carbocycles. The van der Waals surface area contributed by atoms with E-state index in [0.717, 1.165) is 12.2 Å². The Morgan fingerprint density at radius 1 is 1.26 bits per heavy atom. The van der Waals surface area contributed by atoms with Gasteiger partial charge in [-0.25, -0.2) is 9.50 Å². The Labute approximate surface area is 135 Å². The monoisotopic (exact) mass is 316 g/mol. The third kappa shape index (κ3) is 4.04. The summed E-state index contributed by atoms with van der Waals surface area (Å²) in [6, 6.07) is 2.43. The Hall–Kier alpha value is -2.02. The van der Waals surface area contributed by atoms with E-state index in [2.05, 4.69) is 25.7 Å². The first-order valence-electron chi connectivity index (χ1n) is 8.44. The number of aromatic nitrogens is 4. The number of hydrogen-bond donors (Lipinski definition) is 2. The zero-order chi connectivity index (χ0) is 16.1. The van der Waals surface area contributed by atoms with Crippen molar-refractivity contribution in [2.45, 2.75) is 51.5 Å². The molecule has 2 aromatic heterocycles. The number of fused-ring (bicyclic) bond motifs is 1. The molecule has 0 saturated heterocycles. The molecule has 0 aliphatic heterocycles. The van der Waals surface area contributed by atoms with Crippen LogP contribution in [0, 0.1) is 6.92 Å². The van der Waals surface area contributed by atoms with Crippen LogP contribution in [0.25, 0.3) is 5.78 Å². The Bertz CT molecular complexity index is 660. The van der Waals surface area contributed by atoms with Crippen molar-refractivity contribution in [3.63, 3.8) is 0 Å². The molecular weight excluding hydrogens is 292 g/mol. The summed E-state index contributed by atoms with van der Waals surface area (Å²) in [6.07, 6.45) is 9.46. The second-order valence-electron chi connectivity index (χ2n) is 6.13. The van der Waals surface area contributed by atoms with Crippen LogP contribution in [0.5, 0.6) is 0 Å². The van der Waals surface area contributed by atoms with Crippen molar-refractivity contribution < 1.29 is 4.79 Å². The van der Waals surface area contributed by atoms with Crippen LogP contribution < -0.4 is 10.6 Å². The lowest BCUT2D eigenvalue weighted by Crippen LogP contribution is -2.37. The summed E-state index contributed by atoms with van der Waals surface area (Å²) >= 11 is 0. The lowest BCUT2D eigenvalue weighted by Gasteiger charge is -2.15. The molecule has 7 heteroatoms. The third-order valence-corrected chi connectivity index (χ3v) is 4.33. The van der Waals surface area contributed by atoms with Crippen LogP contribution in [0.2, 0.25) is 0 Å². The minimum absolute atomic E-state index is 0.168. The van der Waals surface area contributed by atoms with Gasteiger partial charge in [0.25, 0.3) is 11.7 Å². The van der Waals surface area contributed by atoms with Crippen LogP contribution in [-0.4, -0.2) is 44.6 Å². The molecule has 1 amide bonds. The fourth-order valence-electron chi connectivity index (χ4n) is 3.02. The fraction of sp³-hybridized carbons (Fsp3) is 0.625. The van der Waals surface area contributed by atoms with Crippen molar-refractivity contribution in [1.82, 2.24) is 30.2 Å². The standard InChI is InChI=1S/C16H24N6O/c1-12-8-9-19-16-20-14(21-22(12)16)15(23)18-11-10-17-13-6-4-2-3-5-7-13/h8-9,13,17H,2-7,10-11H2,1H3,(H,18,23). The normalized spacial score (nSPS) is 16.4. The van der Waals surface area contributed by atoms with Gasteiger partial charge in [-0.05, 0) is 25.8 Å². The molecule has 2 N–H and O–H groups in total. The minimum atomic E-state index is -0.252. The van der Waals surface area contributed by atoms with Crippen LogP contribution in [-0.2, 0) is 0 Å². The number of aryl methyl sites for hydroxylation is 1. The summed E-state index contributed by atoms with van der Waals surface area (Å²) in [7, 11) is 0. The number of amides is 1. The van der Waals surface area contributed by atoms with Crippen LogP contribution in [0.1, 0.15) is 54.8 Å². The topological polar surface area (TPSA) is 84.2 Å². The van der Waals surface area contributed by atoms with E-state index in [4.69, 9.17) is 0 Å². The average molecular weight is 316 g/mol. The molecule has 0 bridgehead atoms. The highest BCUT2D eigenvalue weighted by Gasteiger charge is 2.14. The van der Waals surface area contributed by atoms with E-state index in [-0.39, 0.29) is 11.7 Å². The van der Waals surface area contributed by atoms with Crippen molar-refractivity contribution in [3.05, 3.63) is 23.8 Å². The van der Waals surface area contributed by atoms with Gasteiger partial charge in [-0.3, -0.25) is 4.79 Å². The van der Waals surface area contributed by atoms with E-state index in [9.17, 15) is 4.79 Å². The van der Waals surface area contributed by atoms with E-state index in [1.165, 1.54) is 38.5 Å². The van der Waals surface area contributed by atoms with Gasteiger partial charge in [0, 0.05) is 31.0 Å². The first-order chi connectivity index (χ1) is 11.2. The summed E-state index contributed by atoms with van der Waals surface area (Å²) in [6.45, 7) is 3.26. The maximum atomic E-state index is 12.1. The van der Waals surface area contributed by atoms with Gasteiger partial charge >= 0.3 is 0 Å². The maximum Gasteiger partial charge on any atom is 0.291 e. The van der Waals surface area contributed by atoms with E-state index < -0.39 is 0 Å². The number of nitrogens with one attached hydrogen (secondary N) is 2. The molecule has 1 aliphatic rings. The second kappa shape index (κ2) is 7.50. The molecule has 3 rings (SSSR count). The van der Waals surface area contributed by atoms with Crippen LogP contribution in [0.4, 0.5) is 0 Å². The maximum absolute atomic E-state index is 12.1. The van der Waals surface area contributed by atoms with E-state index in [0.29, 0.717) is 18.4 Å². The smallest absolute Gasteiger partial charge is 0.291 e. The van der Waals surface area contributed by atoms with Crippen molar-refractivity contribution in [3.8, 4) is 0 Å². The second-order valence-corrected chi connectivity index (χ2v) is 6.13. The van der Waals surface area contributed by atoms with Gasteiger partial charge in [0.1, 0.15) is 0 Å². The van der Waals surface area contributed by atoms with E-state index >= 15 is 0 Å². The predicted molar refractivity (Wildman–Crippen MR) is 87.3 cm³/mol. The first kappa shape index (κ1) is 15.9. The quantitative estimate of drug-likeness (QED) is 0.645. The highest BCUT2D eigenvalue weighted by atomic mass is 16.2. The molecule has 0 unspecified atom stereocenters. The Balaban J connectivity index is 1.47. The van der Waals surface area contributed by atoms with Gasteiger partial charge < -0.3 is 10.6 Å². The number of carbonyl (C=O) groups is 1. The van der Waals surface area contributed by atoms with Crippen LogP contribution in [0.3, 0.4) is 0 Å². The molecule has 7 nitrogen and oxygen atoms in total. The summed E-state index contributed by atoms with van der Waals surface area (Å²) in [4.78, 5) is 20.4. The summed E-state index contributed by atoms with van der Waals surface area (Å²) in [5.41, 5.74) is 0.900. The average Bonchev–Trinajstić information content (AvgIpc) is 2.83. The predicted octanol–water partition coefficient (Wildman–Crippen LogP) is 1.47. The molecule has 23 heavy (non-hydrogen) atoms. The summed E-state index contributed by atoms with van der Waals surface area (Å²) < 4.78 is 1.58. The van der Waals surface area contributed by atoms with Crippen molar-refractivity contribution in [2.75, 3.05) is 13.1 Å². The zero-order valence-corrected chi connectivity index (χ0v) is 13.6. The third-order valence-electron chi connectivity index (χ3n) is 4.33. The molecular formula is C16H24N6O. The molecule has 1 saturated carbocycles. The van der Waals surface area contributed by atoms with E-state index in [1.807, 2.05) is 13.0 Å². The van der Waals surface area contributed by atoms with Crippen LogP contribution in [0.15, 0.2) is 12.3 Å². The molecule has 0 spiro atoms. The van der Waals surface area contributed by atoms with Gasteiger partial charge in [0.05, 0.1) is 0 Å². The molecule has 0 radical (unpaired) electrons. The number of carbonyl (C=O) groups excluding carboxylic acids is 1. The fourth-order valence-corrected chi connectivity index (χ4v) is 3.02. The highest BCUT2D eigenvalue weighted by molar-refractivity contribution is 5.90. The van der Waals surface area contributed by atoms with Crippen molar-refractivity contribution in [2.24, 2.45) is 0 Å². The molecule has 1 fully saturated rings. The molecule has 124 valence electrons. The minimum Gasteiger partial charge on any atom is -0.348 e. The molecule has 2 heterocycles. The van der Waals surface area contributed by atoms with Crippen molar-refractivity contribution >= 4 is 11.7 Å². The molecule has 1 aliphatic carbocycles. The van der Waals surface area contributed by atoms with Gasteiger partial charge in [-0.15, -0.1) is 5.10 Å². The van der Waals surface area contributed by atoms with E-state index in [1.54, 1.807) is 10.7 Å². The summed E-state index contributed by atoms with van der Waals surface area (Å²) in [5, 5.41) is 10.6. The zero-order valence-electron chi connectivity index (χ0n) is 13.6. The van der Waals surface area contributed by atoms with Gasteiger partial charge in [0.2, 0.25) is 5.82 Å². The first-order valence-corrected chi connectivity index (χ1v) is 8.44. The van der Waals surface area contributed by atoms with Gasteiger partial charge in [-0.2, -0.15) is 4.98 Å². The number of rotatable bonds is 5. The van der Waals surface area contributed by atoms with Crippen molar-refractivity contribution in [1.29, 1.82) is 0 Å². The molecule has 0 atom stereocenters. The highest BCUT2D eigenvalue weighted by Crippen LogP contribution is 2.16. The molecule has 2 aromatic rings. The Kier molecular flexibility index (Phi) is 5.17. The van der Waals surface area contributed by atoms with Gasteiger partial charge in [0.15, 0.2) is 0 Å². The number of hydrogen-bond acceptors (Lipinski definition) is 5. The number of nitrogens with zero attached hydrogens (tertiary/aromatic N) is 4.